The zero-order chi connectivity index (χ0) is 14.9. The van der Waals surface area contributed by atoms with E-state index in [4.69, 9.17) is 10.5 Å². The van der Waals surface area contributed by atoms with Crippen LogP contribution in [-0.2, 0) is 9.53 Å². The quantitative estimate of drug-likeness (QED) is 0.809. The summed E-state index contributed by atoms with van der Waals surface area (Å²) in [5, 5.41) is 3.18. The van der Waals surface area contributed by atoms with E-state index in [9.17, 15) is 9.59 Å². The molecule has 2 fully saturated rings. The third kappa shape index (κ3) is 3.62. The Morgan fingerprint density at radius 1 is 1.25 bits per heavy atom. The summed E-state index contributed by atoms with van der Waals surface area (Å²) in [5.41, 5.74) is 4.69. The fourth-order valence-electron chi connectivity index (χ4n) is 3.20. The Bertz CT molecular complexity index is 378. The number of amides is 2. The highest BCUT2D eigenvalue weighted by Crippen LogP contribution is 2.36. The van der Waals surface area contributed by atoms with Gasteiger partial charge in [0.25, 0.3) is 0 Å². The highest BCUT2D eigenvalue weighted by atomic mass is 16.6. The number of ether oxygens (including phenoxy) is 1. The van der Waals surface area contributed by atoms with Gasteiger partial charge in [-0.1, -0.05) is 0 Å². The van der Waals surface area contributed by atoms with Crippen LogP contribution < -0.4 is 11.1 Å². The molecule has 0 saturated carbocycles. The van der Waals surface area contributed by atoms with E-state index in [-0.39, 0.29) is 36.7 Å². The molecule has 2 rings (SSSR count). The molecule has 0 radical (unpaired) electrons. The summed E-state index contributed by atoms with van der Waals surface area (Å²) in [6.45, 7) is 5.85. The van der Waals surface area contributed by atoms with Gasteiger partial charge in [0, 0.05) is 18.1 Å². The lowest BCUT2D eigenvalue weighted by atomic mass is 9.98. The SMILES string of the molecule is CC(C)(C)OC(=O)N1C2CCC1CC(NCC(N)=O)C2. The molecule has 6 heteroatoms. The first-order chi connectivity index (χ1) is 9.26. The summed E-state index contributed by atoms with van der Waals surface area (Å²) < 4.78 is 5.48. The molecule has 2 heterocycles. The lowest BCUT2D eigenvalue weighted by molar-refractivity contribution is -0.117. The number of hydrogen-bond acceptors (Lipinski definition) is 4. The number of carbonyl (C=O) groups excluding carboxylic acids is 2. The number of nitrogens with one attached hydrogen (secondary N) is 1. The van der Waals surface area contributed by atoms with Crippen molar-refractivity contribution >= 4 is 12.0 Å². The van der Waals surface area contributed by atoms with Crippen molar-refractivity contribution in [3.63, 3.8) is 0 Å². The average Bonchev–Trinajstić information content (AvgIpc) is 2.56. The second-order valence-corrected chi connectivity index (χ2v) is 6.79. The molecule has 0 aromatic carbocycles. The molecule has 2 unspecified atom stereocenters. The number of nitrogens with zero attached hydrogens (tertiary/aromatic N) is 1. The van der Waals surface area contributed by atoms with E-state index in [1.165, 1.54) is 0 Å². The maximum atomic E-state index is 12.3. The Balaban J connectivity index is 1.93. The van der Waals surface area contributed by atoms with Crippen LogP contribution >= 0.6 is 0 Å². The normalized spacial score (nSPS) is 29.4. The second kappa shape index (κ2) is 5.60. The minimum Gasteiger partial charge on any atom is -0.444 e. The van der Waals surface area contributed by atoms with Crippen molar-refractivity contribution in [3.05, 3.63) is 0 Å². The molecule has 2 atom stereocenters. The molecular formula is C14H25N3O3. The second-order valence-electron chi connectivity index (χ2n) is 6.79. The summed E-state index contributed by atoms with van der Waals surface area (Å²) >= 11 is 0. The number of nitrogens with two attached hydrogens (primary N) is 1. The van der Waals surface area contributed by atoms with E-state index in [0.29, 0.717) is 0 Å². The van der Waals surface area contributed by atoms with Gasteiger partial charge in [-0.25, -0.2) is 4.79 Å². The van der Waals surface area contributed by atoms with Gasteiger partial charge in [0.05, 0.1) is 6.54 Å². The lowest BCUT2D eigenvalue weighted by Gasteiger charge is -2.39. The monoisotopic (exact) mass is 283 g/mol. The third-order valence-electron chi connectivity index (χ3n) is 3.90. The van der Waals surface area contributed by atoms with Gasteiger partial charge in [-0.05, 0) is 46.5 Å². The minimum absolute atomic E-state index is 0.205. The first kappa shape index (κ1) is 15.1. The highest BCUT2D eigenvalue weighted by Gasteiger charge is 2.44. The summed E-state index contributed by atoms with van der Waals surface area (Å²) in [6, 6.07) is 0.696. The summed E-state index contributed by atoms with van der Waals surface area (Å²) in [7, 11) is 0. The highest BCUT2D eigenvalue weighted by molar-refractivity contribution is 5.76. The summed E-state index contributed by atoms with van der Waals surface area (Å²) in [4.78, 5) is 25.0. The van der Waals surface area contributed by atoms with Gasteiger partial charge in [-0.3, -0.25) is 4.79 Å². The number of hydrogen-bond donors (Lipinski definition) is 2. The smallest absolute Gasteiger partial charge is 0.410 e. The van der Waals surface area contributed by atoms with Crippen molar-refractivity contribution in [3.8, 4) is 0 Å². The Hall–Kier alpha value is -1.30. The molecule has 2 bridgehead atoms. The van der Waals surface area contributed by atoms with Gasteiger partial charge in [0.15, 0.2) is 0 Å². The van der Waals surface area contributed by atoms with Crippen LogP contribution in [0.25, 0.3) is 0 Å². The largest absolute Gasteiger partial charge is 0.444 e. The van der Waals surface area contributed by atoms with E-state index in [0.717, 1.165) is 25.7 Å². The predicted molar refractivity (Wildman–Crippen MR) is 75.1 cm³/mol. The Kier molecular flexibility index (Phi) is 4.22. The first-order valence-electron chi connectivity index (χ1n) is 7.29. The van der Waals surface area contributed by atoms with Gasteiger partial charge in [-0.15, -0.1) is 0 Å². The molecule has 2 amide bonds. The molecule has 3 N–H and O–H groups in total. The van der Waals surface area contributed by atoms with Crippen molar-refractivity contribution in [1.82, 2.24) is 10.2 Å². The van der Waals surface area contributed by atoms with Crippen molar-refractivity contribution in [1.29, 1.82) is 0 Å². The predicted octanol–water partition coefficient (Wildman–Crippen LogP) is 0.992. The molecule has 0 aliphatic carbocycles. The number of carbonyl (C=O) groups is 2. The molecule has 0 spiro atoms. The van der Waals surface area contributed by atoms with Crippen LogP contribution in [0.15, 0.2) is 0 Å². The van der Waals surface area contributed by atoms with Crippen molar-refractivity contribution in [2.45, 2.75) is 70.2 Å². The molecule has 114 valence electrons. The van der Waals surface area contributed by atoms with E-state index in [1.807, 2.05) is 25.7 Å². The van der Waals surface area contributed by atoms with E-state index < -0.39 is 5.60 Å². The zero-order valence-corrected chi connectivity index (χ0v) is 12.5. The molecule has 6 nitrogen and oxygen atoms in total. The molecule has 2 aliphatic rings. The van der Waals surface area contributed by atoms with Gasteiger partial charge in [0.2, 0.25) is 5.91 Å². The van der Waals surface area contributed by atoms with Crippen LogP contribution in [0, 0.1) is 0 Å². The molecule has 20 heavy (non-hydrogen) atoms. The Morgan fingerprint density at radius 2 is 1.80 bits per heavy atom. The van der Waals surface area contributed by atoms with Crippen molar-refractivity contribution in [2.24, 2.45) is 5.73 Å². The fraction of sp³-hybridized carbons (Fsp3) is 0.857. The van der Waals surface area contributed by atoms with Gasteiger partial charge in [-0.2, -0.15) is 0 Å². The third-order valence-corrected chi connectivity index (χ3v) is 3.90. The summed E-state index contributed by atoms with van der Waals surface area (Å²) in [5.74, 6) is -0.341. The number of piperidine rings is 1. The first-order valence-corrected chi connectivity index (χ1v) is 7.29. The van der Waals surface area contributed by atoms with Crippen molar-refractivity contribution < 1.29 is 14.3 Å². The Labute approximate surface area is 120 Å². The molecule has 2 aliphatic heterocycles. The van der Waals surface area contributed by atoms with Crippen LogP contribution in [0.3, 0.4) is 0 Å². The van der Waals surface area contributed by atoms with Gasteiger partial charge < -0.3 is 20.7 Å². The fourth-order valence-corrected chi connectivity index (χ4v) is 3.20. The molecule has 0 aromatic heterocycles. The number of primary amides is 1. The average molecular weight is 283 g/mol. The summed E-state index contributed by atoms with van der Waals surface area (Å²) in [6.07, 6.45) is 3.54. The van der Waals surface area contributed by atoms with Crippen LogP contribution in [0.2, 0.25) is 0 Å². The minimum atomic E-state index is -0.461. The van der Waals surface area contributed by atoms with Crippen LogP contribution in [0.1, 0.15) is 46.5 Å². The Morgan fingerprint density at radius 3 is 2.25 bits per heavy atom. The number of fused-ring (bicyclic) bond motifs is 2. The van der Waals surface area contributed by atoms with Crippen LogP contribution in [-0.4, -0.2) is 47.2 Å². The topological polar surface area (TPSA) is 84.7 Å². The van der Waals surface area contributed by atoms with Crippen molar-refractivity contribution in [2.75, 3.05) is 6.54 Å². The van der Waals surface area contributed by atoms with E-state index in [2.05, 4.69) is 5.32 Å². The maximum absolute atomic E-state index is 12.3. The van der Waals surface area contributed by atoms with Gasteiger partial charge >= 0.3 is 6.09 Å². The van der Waals surface area contributed by atoms with Crippen LogP contribution in [0.4, 0.5) is 4.79 Å². The number of rotatable bonds is 3. The van der Waals surface area contributed by atoms with Gasteiger partial charge in [0.1, 0.15) is 5.60 Å². The van der Waals surface area contributed by atoms with E-state index in [1.54, 1.807) is 0 Å². The molecule has 2 saturated heterocycles. The standard InChI is InChI=1S/C14H25N3O3/c1-14(2,3)20-13(19)17-10-4-5-11(17)7-9(6-10)16-8-12(15)18/h9-11,16H,4-8H2,1-3H3,(H2,15,18). The molecular weight excluding hydrogens is 258 g/mol. The molecule has 0 aromatic rings. The van der Waals surface area contributed by atoms with Crippen LogP contribution in [0.5, 0.6) is 0 Å². The van der Waals surface area contributed by atoms with E-state index >= 15 is 0 Å². The lowest BCUT2D eigenvalue weighted by Crippen LogP contribution is -2.53. The zero-order valence-electron chi connectivity index (χ0n) is 12.5. The maximum Gasteiger partial charge on any atom is 0.410 e.